The van der Waals surface area contributed by atoms with E-state index >= 15 is 0 Å². The largest absolute Gasteiger partial charge is 4.00 e. The van der Waals surface area contributed by atoms with Gasteiger partial charge in [0.05, 0.1) is 11.9 Å². The summed E-state index contributed by atoms with van der Waals surface area (Å²) in [6.07, 6.45) is -2.52. The van der Waals surface area contributed by atoms with Crippen molar-refractivity contribution in [2.24, 2.45) is 0 Å². The molecule has 0 saturated heterocycles. The van der Waals surface area contributed by atoms with Gasteiger partial charge in [-0.15, -0.1) is 0 Å². The number of hydrogen-bond donors (Lipinski definition) is 1. The monoisotopic (exact) mass is 345 g/mol. The number of aliphatic hydroxyl groups excluding tert-OH is 1. The van der Waals surface area contributed by atoms with E-state index in [1.165, 1.54) is 0 Å². The molecule has 0 bridgehead atoms. The molecule has 0 rings (SSSR count). The number of carboxylic acid groups (broad SMARTS) is 2. The summed E-state index contributed by atoms with van der Waals surface area (Å²) < 4.78 is 0. The topological polar surface area (TPSA) is 167 Å². The maximum Gasteiger partial charge on any atom is 4.00 e. The van der Waals surface area contributed by atoms with Crippen molar-refractivity contribution in [1.29, 1.82) is 0 Å². The van der Waals surface area contributed by atoms with E-state index < -0.39 is 18.0 Å². The van der Waals surface area contributed by atoms with Crippen LogP contribution in [0.25, 0.3) is 12.3 Å². The standard InChI is InChI=1S/C3H4O5.2H2N.Pt/c4-1(2(5)6)3(7)8;;;/h1,4H,(H,5,6)(H,7,8);2*1H2;/q;2*-1;+4/p-2. The molecule has 0 spiro atoms. The number of carbonyl (C=O) groups is 2. The summed E-state index contributed by atoms with van der Waals surface area (Å²) in [5.74, 6) is -4.13. The molecule has 0 unspecified atom stereocenters. The predicted octanol–water partition coefficient (Wildman–Crippen LogP) is -2.72. The van der Waals surface area contributed by atoms with Crippen molar-refractivity contribution in [1.82, 2.24) is 0 Å². The molecular formula is C3H6N2O5Pt. The second-order valence-electron chi connectivity index (χ2n) is 1.04. The molecule has 11 heavy (non-hydrogen) atoms. The first-order valence-electron chi connectivity index (χ1n) is 1.65. The van der Waals surface area contributed by atoms with E-state index in [2.05, 4.69) is 0 Å². The molecule has 68 valence electrons. The maximum atomic E-state index is 9.36. The molecule has 5 N–H and O–H groups in total. The smallest absolute Gasteiger partial charge is 0.693 e. The van der Waals surface area contributed by atoms with Crippen LogP contribution in [0, 0.1) is 0 Å². The number of aliphatic hydroxyl groups is 1. The van der Waals surface area contributed by atoms with Gasteiger partial charge in [0.1, 0.15) is 6.10 Å². The maximum absolute atomic E-state index is 9.36. The number of rotatable bonds is 2. The quantitative estimate of drug-likeness (QED) is 0.536. The summed E-state index contributed by atoms with van der Waals surface area (Å²) in [5, 5.41) is 26.6. The SMILES string of the molecule is O=C([O-])C(O)C(=O)[O-].[NH2-].[NH2-].[Pt+4]. The minimum Gasteiger partial charge on any atom is -0.693 e. The molecule has 0 aromatic heterocycles. The Labute approximate surface area is 76.8 Å². The van der Waals surface area contributed by atoms with Crippen molar-refractivity contribution >= 4 is 11.9 Å². The zero-order valence-corrected chi connectivity index (χ0v) is 7.40. The van der Waals surface area contributed by atoms with Gasteiger partial charge in [0.2, 0.25) is 0 Å². The molecule has 0 aliphatic rings. The van der Waals surface area contributed by atoms with Gasteiger partial charge >= 0.3 is 21.1 Å². The van der Waals surface area contributed by atoms with Crippen LogP contribution in [0.4, 0.5) is 0 Å². The van der Waals surface area contributed by atoms with E-state index in [1.54, 1.807) is 0 Å². The van der Waals surface area contributed by atoms with Crippen LogP contribution in [-0.2, 0) is 30.7 Å². The number of hydrogen-bond acceptors (Lipinski definition) is 5. The van der Waals surface area contributed by atoms with Gasteiger partial charge in [-0.3, -0.25) is 0 Å². The first-order valence-corrected chi connectivity index (χ1v) is 1.65. The van der Waals surface area contributed by atoms with Gasteiger partial charge in [-0.2, -0.15) is 0 Å². The summed E-state index contributed by atoms with van der Waals surface area (Å²) in [5.41, 5.74) is 0. The fourth-order valence-electron chi connectivity index (χ4n) is 0.0962. The van der Waals surface area contributed by atoms with Crippen molar-refractivity contribution in [2.45, 2.75) is 6.10 Å². The second kappa shape index (κ2) is 9.51. The van der Waals surface area contributed by atoms with Crippen molar-refractivity contribution in [3.8, 4) is 0 Å². The molecule has 0 aliphatic heterocycles. The number of aliphatic carboxylic acids is 2. The van der Waals surface area contributed by atoms with Crippen LogP contribution in [-0.4, -0.2) is 23.1 Å². The van der Waals surface area contributed by atoms with E-state index in [0.717, 1.165) is 0 Å². The molecule has 0 aliphatic carbocycles. The molecular weight excluding hydrogens is 339 g/mol. The molecule has 0 atom stereocenters. The summed E-state index contributed by atoms with van der Waals surface area (Å²) in [7, 11) is 0. The van der Waals surface area contributed by atoms with Gasteiger partial charge in [0, 0.05) is 0 Å². The third-order valence-corrected chi connectivity index (χ3v) is 0.447. The van der Waals surface area contributed by atoms with E-state index in [1.807, 2.05) is 0 Å². The summed E-state index contributed by atoms with van der Waals surface area (Å²) in [6, 6.07) is 0. The first kappa shape index (κ1) is 22.4. The van der Waals surface area contributed by atoms with Crippen LogP contribution in [0.3, 0.4) is 0 Å². The van der Waals surface area contributed by atoms with Crippen LogP contribution in [0.15, 0.2) is 0 Å². The van der Waals surface area contributed by atoms with Crippen molar-refractivity contribution in [3.05, 3.63) is 12.3 Å². The average molecular weight is 345 g/mol. The van der Waals surface area contributed by atoms with Crippen LogP contribution in [0.1, 0.15) is 0 Å². The van der Waals surface area contributed by atoms with Gasteiger partial charge in [-0.05, 0) is 0 Å². The minimum absolute atomic E-state index is 0. The van der Waals surface area contributed by atoms with Crippen LogP contribution in [0.5, 0.6) is 0 Å². The van der Waals surface area contributed by atoms with Crippen LogP contribution in [0.2, 0.25) is 0 Å². The van der Waals surface area contributed by atoms with E-state index in [9.17, 15) is 19.8 Å². The van der Waals surface area contributed by atoms with Crippen molar-refractivity contribution < 1.29 is 46.0 Å². The Morgan fingerprint density at radius 3 is 1.27 bits per heavy atom. The van der Waals surface area contributed by atoms with E-state index in [4.69, 9.17) is 5.11 Å². The Kier molecular flexibility index (Phi) is 19.4. The third kappa shape index (κ3) is 9.51. The molecule has 0 amide bonds. The second-order valence-corrected chi connectivity index (χ2v) is 1.04. The molecule has 0 fully saturated rings. The molecule has 8 heteroatoms. The summed E-state index contributed by atoms with van der Waals surface area (Å²) >= 11 is 0. The normalized spacial score (nSPS) is 6.73. The van der Waals surface area contributed by atoms with Gasteiger partial charge in [-0.25, -0.2) is 0 Å². The average Bonchev–Trinajstić information content (AvgIpc) is 1.64. The van der Waals surface area contributed by atoms with Gasteiger partial charge in [0.25, 0.3) is 0 Å². The van der Waals surface area contributed by atoms with Crippen LogP contribution >= 0.6 is 0 Å². The van der Waals surface area contributed by atoms with Gasteiger partial charge in [0.15, 0.2) is 0 Å². The summed E-state index contributed by atoms with van der Waals surface area (Å²) in [6.45, 7) is 0. The Morgan fingerprint density at radius 2 is 1.27 bits per heavy atom. The van der Waals surface area contributed by atoms with Crippen molar-refractivity contribution in [3.63, 3.8) is 0 Å². The zero-order valence-electron chi connectivity index (χ0n) is 5.13. The van der Waals surface area contributed by atoms with Crippen molar-refractivity contribution in [2.75, 3.05) is 0 Å². The molecule has 0 radical (unpaired) electrons. The fourth-order valence-corrected chi connectivity index (χ4v) is 0.0962. The predicted molar refractivity (Wildman–Crippen MR) is 26.6 cm³/mol. The molecule has 0 aromatic rings. The Bertz CT molecular complexity index is 115. The minimum atomic E-state index is -2.52. The number of carboxylic acids is 2. The third-order valence-electron chi connectivity index (χ3n) is 0.447. The zero-order chi connectivity index (χ0) is 6.73. The Balaban J connectivity index is -0.0000000817. The number of nitrogens with two attached hydrogens (primary N) is 2. The Hall–Kier alpha value is -0.492. The molecule has 0 saturated carbocycles. The van der Waals surface area contributed by atoms with Gasteiger partial charge < -0.3 is 37.2 Å². The fraction of sp³-hybridized carbons (Fsp3) is 0.333. The van der Waals surface area contributed by atoms with E-state index in [-0.39, 0.29) is 33.4 Å². The van der Waals surface area contributed by atoms with Gasteiger partial charge in [-0.1, -0.05) is 0 Å². The molecule has 0 heterocycles. The Morgan fingerprint density at radius 1 is 1.09 bits per heavy atom. The van der Waals surface area contributed by atoms with Crippen LogP contribution < -0.4 is 10.2 Å². The molecule has 0 aromatic carbocycles. The molecule has 7 nitrogen and oxygen atoms in total. The van der Waals surface area contributed by atoms with E-state index in [0.29, 0.717) is 0 Å². The first-order chi connectivity index (χ1) is 3.55. The summed E-state index contributed by atoms with van der Waals surface area (Å²) in [4.78, 5) is 18.7. The number of carbonyl (C=O) groups excluding carboxylic acids is 2.